The molecule has 1 atom stereocenters. The average molecular weight is 220 g/mol. The molecule has 0 bridgehead atoms. The molecule has 4 nitrogen and oxygen atoms in total. The predicted molar refractivity (Wildman–Crippen MR) is 58.2 cm³/mol. The van der Waals surface area contributed by atoms with Crippen LogP contribution in [-0.2, 0) is 7.05 Å². The van der Waals surface area contributed by atoms with Gasteiger partial charge in [-0.25, -0.2) is 4.39 Å². The van der Waals surface area contributed by atoms with Crippen LogP contribution in [0.5, 0.6) is 0 Å². The van der Waals surface area contributed by atoms with Crippen molar-refractivity contribution in [1.82, 2.24) is 14.8 Å². The molecule has 0 radical (unpaired) electrons. The lowest BCUT2D eigenvalue weighted by Gasteiger charge is -2.12. The third-order valence-corrected chi connectivity index (χ3v) is 2.75. The maximum absolute atomic E-state index is 13.5. The van der Waals surface area contributed by atoms with Crippen LogP contribution in [0.15, 0.2) is 24.7 Å². The second-order valence-corrected chi connectivity index (χ2v) is 3.68. The fourth-order valence-corrected chi connectivity index (χ4v) is 1.63. The van der Waals surface area contributed by atoms with Gasteiger partial charge in [-0.3, -0.25) is 9.67 Å². The zero-order valence-corrected chi connectivity index (χ0v) is 9.18. The van der Waals surface area contributed by atoms with Gasteiger partial charge in [-0.05, 0) is 13.0 Å². The van der Waals surface area contributed by atoms with Crippen molar-refractivity contribution in [2.75, 3.05) is 0 Å². The van der Waals surface area contributed by atoms with E-state index in [0.717, 1.165) is 11.3 Å². The van der Waals surface area contributed by atoms with Crippen LogP contribution in [0.2, 0.25) is 0 Å². The summed E-state index contributed by atoms with van der Waals surface area (Å²) in [5.74, 6) is -0.391. The molecule has 16 heavy (non-hydrogen) atoms. The Kier molecular flexibility index (Phi) is 2.70. The maximum Gasteiger partial charge on any atom is 0.146 e. The molecule has 0 fully saturated rings. The van der Waals surface area contributed by atoms with Crippen molar-refractivity contribution in [2.24, 2.45) is 12.8 Å². The third kappa shape index (κ3) is 1.69. The minimum Gasteiger partial charge on any atom is -0.320 e. The highest BCUT2D eigenvalue weighted by Crippen LogP contribution is 2.23. The van der Waals surface area contributed by atoms with E-state index < -0.39 is 11.9 Å². The lowest BCUT2D eigenvalue weighted by atomic mass is 10.0. The Morgan fingerprint density at radius 2 is 2.12 bits per heavy atom. The van der Waals surface area contributed by atoms with Crippen molar-refractivity contribution in [3.63, 3.8) is 0 Å². The van der Waals surface area contributed by atoms with E-state index in [0.29, 0.717) is 5.56 Å². The minimum atomic E-state index is -0.503. The van der Waals surface area contributed by atoms with Crippen molar-refractivity contribution in [1.29, 1.82) is 0 Å². The fourth-order valence-electron chi connectivity index (χ4n) is 1.63. The highest BCUT2D eigenvalue weighted by Gasteiger charge is 2.17. The van der Waals surface area contributed by atoms with E-state index in [2.05, 4.69) is 10.1 Å². The molecule has 0 aromatic carbocycles. The molecular weight excluding hydrogens is 207 g/mol. The number of hydrogen-bond acceptors (Lipinski definition) is 3. The third-order valence-electron chi connectivity index (χ3n) is 2.75. The molecule has 5 heteroatoms. The van der Waals surface area contributed by atoms with Gasteiger partial charge in [-0.1, -0.05) is 0 Å². The Labute approximate surface area is 92.9 Å². The number of nitrogens with zero attached hydrogens (tertiary/aromatic N) is 3. The molecule has 0 saturated carbocycles. The van der Waals surface area contributed by atoms with Crippen LogP contribution in [0.3, 0.4) is 0 Å². The summed E-state index contributed by atoms with van der Waals surface area (Å²) in [7, 11) is 1.83. The molecule has 0 amide bonds. The number of aryl methyl sites for hydroxylation is 1. The van der Waals surface area contributed by atoms with Crippen LogP contribution in [0.1, 0.15) is 22.9 Å². The van der Waals surface area contributed by atoms with Gasteiger partial charge in [0, 0.05) is 30.1 Å². The van der Waals surface area contributed by atoms with Gasteiger partial charge in [-0.2, -0.15) is 5.10 Å². The van der Waals surface area contributed by atoms with Gasteiger partial charge in [0.15, 0.2) is 0 Å². The fraction of sp³-hybridized carbons (Fsp3) is 0.273. The second-order valence-electron chi connectivity index (χ2n) is 3.68. The van der Waals surface area contributed by atoms with E-state index in [4.69, 9.17) is 5.73 Å². The second kappa shape index (κ2) is 4.02. The Bertz CT molecular complexity index is 506. The lowest BCUT2D eigenvalue weighted by molar-refractivity contribution is 0.592. The highest BCUT2D eigenvalue weighted by atomic mass is 19.1. The van der Waals surface area contributed by atoms with Crippen molar-refractivity contribution in [3.05, 3.63) is 47.3 Å². The van der Waals surface area contributed by atoms with E-state index in [1.807, 2.05) is 14.0 Å². The van der Waals surface area contributed by atoms with E-state index in [9.17, 15) is 4.39 Å². The molecule has 0 aliphatic carbocycles. The van der Waals surface area contributed by atoms with E-state index >= 15 is 0 Å². The number of aromatic nitrogens is 3. The Morgan fingerprint density at radius 3 is 2.69 bits per heavy atom. The maximum atomic E-state index is 13.5. The molecule has 84 valence electrons. The minimum absolute atomic E-state index is 0.391. The molecular formula is C11H13FN4. The first-order chi connectivity index (χ1) is 7.61. The summed E-state index contributed by atoms with van der Waals surface area (Å²) in [4.78, 5) is 3.70. The summed E-state index contributed by atoms with van der Waals surface area (Å²) in [6.07, 6.45) is 4.37. The van der Waals surface area contributed by atoms with Gasteiger partial charge < -0.3 is 5.73 Å². The number of halogens is 1. The quantitative estimate of drug-likeness (QED) is 0.830. The SMILES string of the molecule is Cc1c(C(N)c2ccncc2F)cnn1C. The zero-order valence-electron chi connectivity index (χ0n) is 9.18. The smallest absolute Gasteiger partial charge is 0.146 e. The van der Waals surface area contributed by atoms with Crippen LogP contribution >= 0.6 is 0 Å². The standard InChI is InChI=1S/C11H13FN4/c1-7-9(5-15-16(7)2)11(13)8-3-4-14-6-10(8)12/h3-6,11H,13H2,1-2H3. The summed E-state index contributed by atoms with van der Waals surface area (Å²) in [5, 5.41) is 4.09. The van der Waals surface area contributed by atoms with Gasteiger partial charge in [0.25, 0.3) is 0 Å². The Hall–Kier alpha value is -1.75. The monoisotopic (exact) mass is 220 g/mol. The van der Waals surface area contributed by atoms with Crippen molar-refractivity contribution < 1.29 is 4.39 Å². The van der Waals surface area contributed by atoms with Crippen molar-refractivity contribution >= 4 is 0 Å². The number of pyridine rings is 1. The summed E-state index contributed by atoms with van der Waals surface area (Å²) in [5.41, 5.74) is 8.21. The molecule has 1 unspecified atom stereocenters. The predicted octanol–water partition coefficient (Wildman–Crippen LogP) is 1.31. The first kappa shape index (κ1) is 10.8. The zero-order chi connectivity index (χ0) is 11.7. The summed E-state index contributed by atoms with van der Waals surface area (Å²) in [6.45, 7) is 1.90. The van der Waals surface area contributed by atoms with Crippen molar-refractivity contribution in [2.45, 2.75) is 13.0 Å². The molecule has 2 heterocycles. The topological polar surface area (TPSA) is 56.7 Å². The first-order valence-corrected chi connectivity index (χ1v) is 4.94. The van der Waals surface area contributed by atoms with Crippen LogP contribution in [0.4, 0.5) is 4.39 Å². The molecule has 2 aromatic heterocycles. The normalized spacial score (nSPS) is 12.8. The molecule has 2 N–H and O–H groups in total. The van der Waals surface area contributed by atoms with E-state index in [1.54, 1.807) is 16.9 Å². The average Bonchev–Trinajstić information content (AvgIpc) is 2.60. The largest absolute Gasteiger partial charge is 0.320 e. The van der Waals surface area contributed by atoms with E-state index in [1.165, 1.54) is 12.4 Å². The van der Waals surface area contributed by atoms with Gasteiger partial charge >= 0.3 is 0 Å². The molecule has 2 aromatic rings. The summed E-state index contributed by atoms with van der Waals surface area (Å²) < 4.78 is 15.2. The summed E-state index contributed by atoms with van der Waals surface area (Å²) >= 11 is 0. The first-order valence-electron chi connectivity index (χ1n) is 4.94. The molecule has 0 saturated heterocycles. The molecule has 0 spiro atoms. The van der Waals surface area contributed by atoms with Gasteiger partial charge in [0.1, 0.15) is 5.82 Å². The highest BCUT2D eigenvalue weighted by molar-refractivity contribution is 5.31. The van der Waals surface area contributed by atoms with Gasteiger partial charge in [-0.15, -0.1) is 0 Å². The molecule has 0 aliphatic heterocycles. The lowest BCUT2D eigenvalue weighted by Crippen LogP contribution is -2.14. The number of hydrogen-bond donors (Lipinski definition) is 1. The van der Waals surface area contributed by atoms with Crippen LogP contribution in [0.25, 0.3) is 0 Å². The molecule has 0 aliphatic rings. The van der Waals surface area contributed by atoms with Crippen LogP contribution < -0.4 is 5.73 Å². The Balaban J connectivity index is 2.43. The van der Waals surface area contributed by atoms with E-state index in [-0.39, 0.29) is 0 Å². The number of rotatable bonds is 2. The van der Waals surface area contributed by atoms with Crippen molar-refractivity contribution in [3.8, 4) is 0 Å². The molecule has 2 rings (SSSR count). The van der Waals surface area contributed by atoms with Gasteiger partial charge in [0.05, 0.1) is 18.4 Å². The van der Waals surface area contributed by atoms with Gasteiger partial charge in [0.2, 0.25) is 0 Å². The Morgan fingerprint density at radius 1 is 1.38 bits per heavy atom. The van der Waals surface area contributed by atoms with Crippen LogP contribution in [-0.4, -0.2) is 14.8 Å². The summed E-state index contributed by atoms with van der Waals surface area (Å²) in [6, 6.07) is 1.09. The van der Waals surface area contributed by atoms with Crippen LogP contribution in [0, 0.1) is 12.7 Å². The number of nitrogens with two attached hydrogens (primary N) is 1.